The van der Waals surface area contributed by atoms with Crippen molar-refractivity contribution in [1.29, 1.82) is 0 Å². The van der Waals surface area contributed by atoms with E-state index in [4.69, 9.17) is 14.6 Å². The summed E-state index contributed by atoms with van der Waals surface area (Å²) in [6.07, 6.45) is 1.84. The third kappa shape index (κ3) is 5.65. The Morgan fingerprint density at radius 2 is 2.00 bits per heavy atom. The minimum Gasteiger partial charge on any atom is -0.480 e. The molecular weight excluding hydrogens is 226 g/mol. The number of rotatable bonds is 6. The predicted octanol–water partition coefficient (Wildman–Crippen LogP) is 0.0205. The fraction of sp³-hybridized carbons (Fsp3) is 0.818. The van der Waals surface area contributed by atoms with Crippen LogP contribution in [0.15, 0.2) is 0 Å². The van der Waals surface area contributed by atoms with Crippen molar-refractivity contribution in [3.63, 3.8) is 0 Å². The molecule has 1 amide bonds. The van der Waals surface area contributed by atoms with Gasteiger partial charge in [0.2, 0.25) is 5.91 Å². The molecule has 1 fully saturated rings. The predicted molar refractivity (Wildman–Crippen MR) is 59.6 cm³/mol. The quantitative estimate of drug-likeness (QED) is 0.689. The second kappa shape index (κ2) is 6.56. The van der Waals surface area contributed by atoms with Gasteiger partial charge < -0.3 is 19.9 Å². The van der Waals surface area contributed by atoms with Crippen molar-refractivity contribution >= 4 is 11.9 Å². The van der Waals surface area contributed by atoms with Gasteiger partial charge in [-0.05, 0) is 18.3 Å². The number of ether oxygens (including phenoxy) is 2. The number of hydrogen-bond donors (Lipinski definition) is 2. The van der Waals surface area contributed by atoms with Gasteiger partial charge in [0, 0.05) is 19.8 Å². The molecule has 1 heterocycles. The molecule has 0 atom stereocenters. The first kappa shape index (κ1) is 13.9. The van der Waals surface area contributed by atoms with Gasteiger partial charge in [-0.1, -0.05) is 6.92 Å². The van der Waals surface area contributed by atoms with E-state index < -0.39 is 12.6 Å². The molecule has 0 saturated carbocycles. The first-order valence-electron chi connectivity index (χ1n) is 5.66. The molecule has 0 aromatic carbocycles. The number of hydrogen-bond acceptors (Lipinski definition) is 4. The number of carboxylic acids is 1. The molecule has 0 spiro atoms. The average molecular weight is 245 g/mol. The highest BCUT2D eigenvalue weighted by atomic mass is 16.5. The largest absolute Gasteiger partial charge is 0.480 e. The molecule has 1 aliphatic heterocycles. The Balaban J connectivity index is 2.16. The van der Waals surface area contributed by atoms with Gasteiger partial charge in [0.1, 0.15) is 13.2 Å². The minimum atomic E-state index is -1.07. The Hall–Kier alpha value is -1.14. The lowest BCUT2D eigenvalue weighted by Gasteiger charge is -2.33. The number of carbonyl (C=O) groups is 2. The van der Waals surface area contributed by atoms with Crippen molar-refractivity contribution in [2.45, 2.75) is 19.8 Å². The molecule has 1 rings (SSSR count). The van der Waals surface area contributed by atoms with Crippen molar-refractivity contribution in [3.05, 3.63) is 0 Å². The fourth-order valence-electron chi connectivity index (χ4n) is 1.64. The Morgan fingerprint density at radius 1 is 1.35 bits per heavy atom. The summed E-state index contributed by atoms with van der Waals surface area (Å²) in [6, 6.07) is 0. The summed E-state index contributed by atoms with van der Waals surface area (Å²) in [5, 5.41) is 11.1. The van der Waals surface area contributed by atoms with Crippen LogP contribution in [-0.4, -0.2) is 50.0 Å². The monoisotopic (exact) mass is 245 g/mol. The highest BCUT2D eigenvalue weighted by Gasteiger charge is 2.27. The van der Waals surface area contributed by atoms with Crippen LogP contribution in [0.5, 0.6) is 0 Å². The summed E-state index contributed by atoms with van der Waals surface area (Å²) >= 11 is 0. The van der Waals surface area contributed by atoms with Crippen LogP contribution in [0.25, 0.3) is 0 Å². The van der Waals surface area contributed by atoms with Crippen LogP contribution in [0.2, 0.25) is 0 Å². The number of carboxylic acid groups (broad SMARTS) is 1. The van der Waals surface area contributed by atoms with E-state index in [9.17, 15) is 9.59 Å². The third-order valence-electron chi connectivity index (χ3n) is 2.87. The first-order chi connectivity index (χ1) is 8.02. The molecule has 6 heteroatoms. The minimum absolute atomic E-state index is 0.0701. The first-order valence-corrected chi connectivity index (χ1v) is 5.66. The Labute approximate surface area is 100 Å². The molecule has 0 bridgehead atoms. The standard InChI is InChI=1S/C11H19NO5/c1-11(2-4-16-5-3-11)8-12-9(13)6-17-7-10(14)15/h2-8H2,1H3,(H,12,13)(H,14,15). The number of nitrogens with one attached hydrogen (secondary N) is 1. The van der Waals surface area contributed by atoms with E-state index in [1.54, 1.807) is 0 Å². The van der Waals surface area contributed by atoms with Gasteiger partial charge in [-0.15, -0.1) is 0 Å². The maximum absolute atomic E-state index is 11.3. The van der Waals surface area contributed by atoms with Gasteiger partial charge in [-0.3, -0.25) is 4.79 Å². The van der Waals surface area contributed by atoms with Crippen molar-refractivity contribution in [3.8, 4) is 0 Å². The van der Waals surface area contributed by atoms with E-state index in [1.165, 1.54) is 0 Å². The average Bonchev–Trinajstić information content (AvgIpc) is 2.27. The summed E-state index contributed by atoms with van der Waals surface area (Å²) in [5.41, 5.74) is 0.0701. The second-order valence-corrected chi connectivity index (χ2v) is 4.59. The van der Waals surface area contributed by atoms with E-state index in [-0.39, 0.29) is 17.9 Å². The van der Waals surface area contributed by atoms with E-state index in [0.29, 0.717) is 6.54 Å². The SMILES string of the molecule is CC1(CNC(=O)COCC(=O)O)CCOCC1. The lowest BCUT2D eigenvalue weighted by Crippen LogP contribution is -2.40. The number of carbonyl (C=O) groups excluding carboxylic acids is 1. The van der Waals surface area contributed by atoms with E-state index in [0.717, 1.165) is 26.1 Å². The maximum atomic E-state index is 11.3. The molecule has 0 aromatic rings. The molecule has 0 aromatic heterocycles. The van der Waals surface area contributed by atoms with E-state index in [2.05, 4.69) is 12.2 Å². The Kier molecular flexibility index (Phi) is 5.37. The van der Waals surface area contributed by atoms with E-state index in [1.807, 2.05) is 0 Å². The van der Waals surface area contributed by atoms with Gasteiger partial charge in [0.15, 0.2) is 0 Å². The summed E-state index contributed by atoms with van der Waals surface area (Å²) in [6.45, 7) is 3.47. The molecule has 6 nitrogen and oxygen atoms in total. The van der Waals surface area contributed by atoms with E-state index >= 15 is 0 Å². The van der Waals surface area contributed by atoms with Gasteiger partial charge in [0.25, 0.3) is 0 Å². The van der Waals surface area contributed by atoms with Crippen molar-refractivity contribution in [2.75, 3.05) is 33.0 Å². The number of amides is 1. The van der Waals surface area contributed by atoms with Gasteiger partial charge >= 0.3 is 5.97 Å². The lowest BCUT2D eigenvalue weighted by atomic mass is 9.82. The Morgan fingerprint density at radius 3 is 2.59 bits per heavy atom. The normalized spacial score (nSPS) is 18.6. The summed E-state index contributed by atoms with van der Waals surface area (Å²) < 4.78 is 9.95. The highest BCUT2D eigenvalue weighted by molar-refractivity contribution is 5.77. The lowest BCUT2D eigenvalue weighted by molar-refractivity contribution is -0.143. The van der Waals surface area contributed by atoms with Gasteiger partial charge in [-0.2, -0.15) is 0 Å². The molecule has 98 valence electrons. The molecular formula is C11H19NO5. The van der Waals surface area contributed by atoms with Crippen LogP contribution in [0.1, 0.15) is 19.8 Å². The third-order valence-corrected chi connectivity index (χ3v) is 2.87. The van der Waals surface area contributed by atoms with Crippen LogP contribution in [-0.2, 0) is 19.1 Å². The van der Waals surface area contributed by atoms with Gasteiger partial charge in [0.05, 0.1) is 0 Å². The molecule has 0 unspecified atom stereocenters. The molecule has 17 heavy (non-hydrogen) atoms. The van der Waals surface area contributed by atoms with Crippen molar-refractivity contribution < 1.29 is 24.2 Å². The molecule has 2 N–H and O–H groups in total. The van der Waals surface area contributed by atoms with Crippen molar-refractivity contribution in [2.24, 2.45) is 5.41 Å². The zero-order chi connectivity index (χ0) is 12.7. The topological polar surface area (TPSA) is 84.9 Å². The highest BCUT2D eigenvalue weighted by Crippen LogP contribution is 2.28. The zero-order valence-corrected chi connectivity index (χ0v) is 10.0. The Bertz CT molecular complexity index is 273. The second-order valence-electron chi connectivity index (χ2n) is 4.59. The zero-order valence-electron chi connectivity index (χ0n) is 10.0. The van der Waals surface area contributed by atoms with Crippen LogP contribution >= 0.6 is 0 Å². The molecule has 1 aliphatic rings. The molecule has 1 saturated heterocycles. The number of aliphatic carboxylic acids is 1. The maximum Gasteiger partial charge on any atom is 0.329 e. The van der Waals surface area contributed by atoms with Crippen LogP contribution in [0, 0.1) is 5.41 Å². The summed E-state index contributed by atoms with van der Waals surface area (Å²) in [5.74, 6) is -1.35. The van der Waals surface area contributed by atoms with Gasteiger partial charge in [-0.25, -0.2) is 4.79 Å². The van der Waals surface area contributed by atoms with Crippen LogP contribution < -0.4 is 5.32 Å². The molecule has 0 radical (unpaired) electrons. The van der Waals surface area contributed by atoms with Crippen molar-refractivity contribution in [1.82, 2.24) is 5.32 Å². The van der Waals surface area contributed by atoms with Crippen LogP contribution in [0.4, 0.5) is 0 Å². The fourth-order valence-corrected chi connectivity index (χ4v) is 1.64. The van der Waals surface area contributed by atoms with Crippen LogP contribution in [0.3, 0.4) is 0 Å². The molecule has 0 aliphatic carbocycles. The smallest absolute Gasteiger partial charge is 0.329 e. The summed E-state index contributed by atoms with van der Waals surface area (Å²) in [4.78, 5) is 21.5. The summed E-state index contributed by atoms with van der Waals surface area (Å²) in [7, 11) is 0.